The van der Waals surface area contributed by atoms with E-state index in [0.717, 1.165) is 5.76 Å². The van der Waals surface area contributed by atoms with E-state index in [1.807, 2.05) is 6.08 Å². The lowest BCUT2D eigenvalue weighted by Crippen LogP contribution is -2.47. The monoisotopic (exact) mass is 388 g/mol. The molecule has 0 spiro atoms. The van der Waals surface area contributed by atoms with Gasteiger partial charge in [0.2, 0.25) is 25.1 Å². The Kier molecular flexibility index (Phi) is 8.48. The zero-order valence-corrected chi connectivity index (χ0v) is 20.0. The lowest BCUT2D eigenvalue weighted by molar-refractivity contribution is -0.154. The van der Waals surface area contributed by atoms with Crippen LogP contribution in [0, 0.1) is 0 Å². The van der Waals surface area contributed by atoms with Gasteiger partial charge in [0, 0.05) is 12.5 Å². The molecule has 0 aliphatic heterocycles. The number of allylic oxidation sites excluding steroid dienone is 1. The molecule has 0 bridgehead atoms. The SMILES string of the molecule is CC(C)[SiH2]OC1=CCC(O[SiH2]C(C)C)(C(=O)O)C(O[SiH2]C(C)C)=C1. The standard InChI is InChI=1S/C16H32O5Si3/c1-10(2)22-19-13-7-8-16(15(17)18,21-24-12(5)6)14(9-13)20-23-11(3)4/h7,9-12H,8,22-24H2,1-6H3,(H,17,18). The zero-order valence-electron chi connectivity index (χ0n) is 15.8. The molecule has 0 amide bonds. The van der Waals surface area contributed by atoms with Gasteiger partial charge in [0.25, 0.3) is 0 Å². The van der Waals surface area contributed by atoms with Gasteiger partial charge in [-0.2, -0.15) is 0 Å². The van der Waals surface area contributed by atoms with Crippen LogP contribution in [0.2, 0.25) is 16.6 Å². The third-order valence-corrected chi connectivity index (χ3v) is 7.06. The molecular weight excluding hydrogens is 356 g/mol. The first kappa shape index (κ1) is 21.2. The van der Waals surface area contributed by atoms with Crippen LogP contribution in [0.5, 0.6) is 0 Å². The highest BCUT2D eigenvalue weighted by Gasteiger charge is 2.46. The van der Waals surface area contributed by atoms with E-state index in [0.29, 0.717) is 22.4 Å². The van der Waals surface area contributed by atoms with Crippen molar-refractivity contribution in [3.05, 3.63) is 23.7 Å². The Hall–Kier alpha value is -0.839. The van der Waals surface area contributed by atoms with Crippen molar-refractivity contribution in [1.29, 1.82) is 0 Å². The summed E-state index contributed by atoms with van der Waals surface area (Å²) in [5, 5.41) is 9.87. The fourth-order valence-electron chi connectivity index (χ4n) is 2.12. The third-order valence-electron chi connectivity index (χ3n) is 3.43. The van der Waals surface area contributed by atoms with Crippen molar-refractivity contribution in [3.63, 3.8) is 0 Å². The molecule has 0 radical (unpaired) electrons. The van der Waals surface area contributed by atoms with E-state index in [1.54, 1.807) is 6.08 Å². The summed E-state index contributed by atoms with van der Waals surface area (Å²) in [5.74, 6) is 0.227. The molecule has 1 aliphatic rings. The smallest absolute Gasteiger partial charge is 0.343 e. The number of carboxylic acids is 1. The Morgan fingerprint density at radius 3 is 2.08 bits per heavy atom. The van der Waals surface area contributed by atoms with Gasteiger partial charge in [-0.15, -0.1) is 0 Å². The molecule has 0 saturated carbocycles. The normalized spacial score (nSPS) is 22.5. The molecule has 0 aromatic heterocycles. The minimum Gasteiger partial charge on any atom is -0.549 e. The molecule has 0 saturated heterocycles. The molecule has 5 nitrogen and oxygen atoms in total. The first-order chi connectivity index (χ1) is 11.2. The molecule has 1 N–H and O–H groups in total. The second-order valence-corrected chi connectivity index (χ2v) is 14.3. The maximum atomic E-state index is 12.0. The number of aliphatic carboxylic acids is 1. The highest BCUT2D eigenvalue weighted by atomic mass is 28.2. The Morgan fingerprint density at radius 1 is 1.04 bits per heavy atom. The molecular formula is C16H32O5Si3. The minimum absolute atomic E-state index is 0.280. The van der Waals surface area contributed by atoms with E-state index in [1.165, 1.54) is 0 Å². The van der Waals surface area contributed by atoms with Crippen LogP contribution in [0.1, 0.15) is 48.0 Å². The van der Waals surface area contributed by atoms with E-state index in [9.17, 15) is 9.90 Å². The molecule has 0 fully saturated rings. The lowest BCUT2D eigenvalue weighted by Gasteiger charge is -2.35. The summed E-state index contributed by atoms with van der Waals surface area (Å²) in [5.41, 5.74) is 0.0225. The van der Waals surface area contributed by atoms with Gasteiger partial charge >= 0.3 is 5.97 Å². The first-order valence-electron chi connectivity index (χ1n) is 8.72. The average Bonchev–Trinajstić information content (AvgIpc) is 2.49. The van der Waals surface area contributed by atoms with Crippen molar-refractivity contribution < 1.29 is 23.2 Å². The highest BCUT2D eigenvalue weighted by molar-refractivity contribution is 6.31. The van der Waals surface area contributed by atoms with Crippen LogP contribution < -0.4 is 0 Å². The van der Waals surface area contributed by atoms with Crippen molar-refractivity contribution in [2.75, 3.05) is 0 Å². The first-order valence-corrected chi connectivity index (χ1v) is 12.9. The van der Waals surface area contributed by atoms with Crippen LogP contribution in [0.4, 0.5) is 0 Å². The zero-order chi connectivity index (χ0) is 18.3. The van der Waals surface area contributed by atoms with Crippen LogP contribution in [0.25, 0.3) is 0 Å². The molecule has 0 heterocycles. The third kappa shape index (κ3) is 6.23. The number of hydrogen-bond donors (Lipinski definition) is 1. The van der Waals surface area contributed by atoms with E-state index in [4.69, 9.17) is 13.3 Å². The van der Waals surface area contributed by atoms with Crippen molar-refractivity contribution in [1.82, 2.24) is 0 Å². The Labute approximate surface area is 152 Å². The molecule has 1 unspecified atom stereocenters. The molecule has 138 valence electrons. The second-order valence-electron chi connectivity index (χ2n) is 7.57. The summed E-state index contributed by atoms with van der Waals surface area (Å²) in [4.78, 5) is 12.0. The highest BCUT2D eigenvalue weighted by Crippen LogP contribution is 2.34. The van der Waals surface area contributed by atoms with E-state index in [-0.39, 0.29) is 6.42 Å². The van der Waals surface area contributed by atoms with Gasteiger partial charge in [-0.05, 0) is 22.7 Å². The summed E-state index contributed by atoms with van der Waals surface area (Å²) < 4.78 is 17.9. The molecule has 0 aromatic rings. The molecule has 8 heteroatoms. The summed E-state index contributed by atoms with van der Waals surface area (Å²) in [7, 11) is -2.48. The molecule has 0 aromatic carbocycles. The van der Waals surface area contributed by atoms with Crippen molar-refractivity contribution in [2.24, 2.45) is 0 Å². The molecule has 1 atom stereocenters. The van der Waals surface area contributed by atoms with Gasteiger partial charge < -0.3 is 18.4 Å². The summed E-state index contributed by atoms with van der Waals surface area (Å²) >= 11 is 0. The van der Waals surface area contributed by atoms with Gasteiger partial charge in [0.05, 0.1) is 0 Å². The van der Waals surface area contributed by atoms with Crippen LogP contribution >= 0.6 is 0 Å². The number of rotatable bonds is 10. The fourth-order valence-corrected chi connectivity index (χ4v) is 4.68. The topological polar surface area (TPSA) is 65.0 Å². The summed E-state index contributed by atoms with van der Waals surface area (Å²) in [6, 6.07) is 0. The van der Waals surface area contributed by atoms with E-state index < -0.39 is 40.9 Å². The van der Waals surface area contributed by atoms with Crippen molar-refractivity contribution in [3.8, 4) is 0 Å². The quantitative estimate of drug-likeness (QED) is 0.578. The van der Waals surface area contributed by atoms with Gasteiger partial charge in [-0.25, -0.2) is 4.79 Å². The minimum atomic E-state index is -1.36. The Bertz CT molecular complexity index is 488. The maximum Gasteiger partial charge on any atom is 0.343 e. The van der Waals surface area contributed by atoms with Crippen molar-refractivity contribution in [2.45, 2.75) is 70.2 Å². The van der Waals surface area contributed by atoms with E-state index >= 15 is 0 Å². The van der Waals surface area contributed by atoms with Gasteiger partial charge in [-0.1, -0.05) is 41.5 Å². The second kappa shape index (κ2) is 9.59. The van der Waals surface area contributed by atoms with Crippen LogP contribution in [-0.2, 0) is 18.1 Å². The molecule has 1 rings (SSSR count). The number of carboxylic acid groups (broad SMARTS) is 1. The van der Waals surface area contributed by atoms with Crippen LogP contribution in [0.3, 0.4) is 0 Å². The molecule has 24 heavy (non-hydrogen) atoms. The lowest BCUT2D eigenvalue weighted by atomic mass is 9.93. The van der Waals surface area contributed by atoms with Crippen molar-refractivity contribution >= 4 is 35.3 Å². The maximum absolute atomic E-state index is 12.0. The fraction of sp³-hybridized carbons (Fsp3) is 0.688. The number of carbonyl (C=O) groups is 1. The largest absolute Gasteiger partial charge is 0.549 e. The van der Waals surface area contributed by atoms with Gasteiger partial charge in [0.15, 0.2) is 9.76 Å². The van der Waals surface area contributed by atoms with Crippen LogP contribution in [0.15, 0.2) is 23.7 Å². The van der Waals surface area contributed by atoms with E-state index in [2.05, 4.69) is 41.5 Å². The molecule has 1 aliphatic carbocycles. The summed E-state index contributed by atoms with van der Waals surface area (Å²) in [6.45, 7) is 12.6. The average molecular weight is 389 g/mol. The van der Waals surface area contributed by atoms with Gasteiger partial charge in [-0.3, -0.25) is 0 Å². The number of hydrogen-bond acceptors (Lipinski definition) is 4. The predicted octanol–water partition coefficient (Wildman–Crippen LogP) is 1.77. The summed E-state index contributed by atoms with van der Waals surface area (Å²) in [6.07, 6.45) is 3.89. The Morgan fingerprint density at radius 2 is 1.58 bits per heavy atom. The van der Waals surface area contributed by atoms with Gasteiger partial charge in [0.1, 0.15) is 11.5 Å². The Balaban J connectivity index is 3.03. The predicted molar refractivity (Wildman–Crippen MR) is 105 cm³/mol. The van der Waals surface area contributed by atoms with Crippen LogP contribution in [-0.4, -0.2) is 46.0 Å².